The van der Waals surface area contributed by atoms with Crippen molar-refractivity contribution < 1.29 is 18.6 Å². The van der Waals surface area contributed by atoms with E-state index in [4.69, 9.17) is 4.74 Å². The SMILES string of the molecule is CC[C@H]1CN(C[C@@H](O)c2ccc(F)cc2F)CCN1CCOC. The summed E-state index contributed by atoms with van der Waals surface area (Å²) in [5, 5.41) is 10.3. The van der Waals surface area contributed by atoms with Crippen molar-refractivity contribution >= 4 is 0 Å². The average molecular weight is 328 g/mol. The number of methoxy groups -OCH3 is 1. The topological polar surface area (TPSA) is 35.9 Å². The van der Waals surface area contributed by atoms with Crippen LogP contribution in [0.2, 0.25) is 0 Å². The van der Waals surface area contributed by atoms with E-state index >= 15 is 0 Å². The number of nitrogens with zero attached hydrogens (tertiary/aromatic N) is 2. The predicted molar refractivity (Wildman–Crippen MR) is 85.3 cm³/mol. The number of aliphatic hydroxyl groups is 1. The van der Waals surface area contributed by atoms with E-state index in [9.17, 15) is 13.9 Å². The molecule has 1 aromatic carbocycles. The molecule has 0 aromatic heterocycles. The van der Waals surface area contributed by atoms with Crippen LogP contribution >= 0.6 is 0 Å². The second-order valence-electron chi connectivity index (χ2n) is 6.03. The van der Waals surface area contributed by atoms with Crippen molar-refractivity contribution in [3.63, 3.8) is 0 Å². The number of halogens is 2. The summed E-state index contributed by atoms with van der Waals surface area (Å²) in [6, 6.07) is 3.72. The van der Waals surface area contributed by atoms with Crippen molar-refractivity contribution in [3.05, 3.63) is 35.4 Å². The van der Waals surface area contributed by atoms with Crippen LogP contribution in [0.5, 0.6) is 0 Å². The normalized spacial score (nSPS) is 21.5. The quantitative estimate of drug-likeness (QED) is 0.831. The van der Waals surface area contributed by atoms with Gasteiger partial charge in [0.1, 0.15) is 11.6 Å². The summed E-state index contributed by atoms with van der Waals surface area (Å²) in [7, 11) is 1.70. The summed E-state index contributed by atoms with van der Waals surface area (Å²) in [6.07, 6.45) is 0.0694. The van der Waals surface area contributed by atoms with Gasteiger partial charge in [-0.15, -0.1) is 0 Å². The second kappa shape index (κ2) is 8.68. The highest BCUT2D eigenvalue weighted by Gasteiger charge is 2.27. The van der Waals surface area contributed by atoms with Crippen LogP contribution in [-0.2, 0) is 4.74 Å². The van der Waals surface area contributed by atoms with Crippen LogP contribution in [0.15, 0.2) is 18.2 Å². The number of aliphatic hydroxyl groups excluding tert-OH is 1. The molecule has 2 rings (SSSR count). The number of rotatable bonds is 7. The standard InChI is InChI=1S/C17H26F2N2O2/c1-3-14-11-20(6-7-21(14)8-9-23-2)12-17(22)15-5-4-13(18)10-16(15)19/h4-5,10,14,17,22H,3,6-9,11-12H2,1-2H3/t14-,17+/m0/s1. The Hall–Kier alpha value is -1.08. The summed E-state index contributed by atoms with van der Waals surface area (Å²) >= 11 is 0. The maximum absolute atomic E-state index is 13.8. The monoisotopic (exact) mass is 328 g/mol. The molecule has 1 aromatic rings. The van der Waals surface area contributed by atoms with Gasteiger partial charge in [0.15, 0.2) is 0 Å². The van der Waals surface area contributed by atoms with Crippen molar-refractivity contribution in [2.24, 2.45) is 0 Å². The second-order valence-corrected chi connectivity index (χ2v) is 6.03. The van der Waals surface area contributed by atoms with Gasteiger partial charge in [0, 0.05) is 57.5 Å². The fraction of sp³-hybridized carbons (Fsp3) is 0.647. The average Bonchev–Trinajstić information content (AvgIpc) is 2.53. The maximum atomic E-state index is 13.8. The van der Waals surface area contributed by atoms with Gasteiger partial charge >= 0.3 is 0 Å². The first-order valence-electron chi connectivity index (χ1n) is 8.13. The number of hydrogen-bond donors (Lipinski definition) is 1. The molecule has 1 aliphatic rings. The zero-order chi connectivity index (χ0) is 16.8. The molecule has 1 aliphatic heterocycles. The molecule has 6 heteroatoms. The van der Waals surface area contributed by atoms with Gasteiger partial charge in [0.25, 0.3) is 0 Å². The lowest BCUT2D eigenvalue weighted by Gasteiger charge is -2.41. The van der Waals surface area contributed by atoms with E-state index in [0.717, 1.165) is 38.7 Å². The van der Waals surface area contributed by atoms with Crippen molar-refractivity contribution in [2.45, 2.75) is 25.5 Å². The summed E-state index contributed by atoms with van der Waals surface area (Å²) in [5.74, 6) is -1.32. The van der Waals surface area contributed by atoms with E-state index in [1.165, 1.54) is 12.1 Å². The van der Waals surface area contributed by atoms with Gasteiger partial charge in [0.2, 0.25) is 0 Å². The van der Waals surface area contributed by atoms with Crippen LogP contribution in [0.1, 0.15) is 25.0 Å². The first-order chi connectivity index (χ1) is 11.0. The Morgan fingerprint density at radius 3 is 2.78 bits per heavy atom. The Morgan fingerprint density at radius 1 is 1.35 bits per heavy atom. The first-order valence-corrected chi connectivity index (χ1v) is 8.13. The Bertz CT molecular complexity index is 501. The summed E-state index contributed by atoms with van der Waals surface area (Å²) in [5.41, 5.74) is 0.154. The number of piperazine rings is 1. The molecule has 0 saturated carbocycles. The van der Waals surface area contributed by atoms with Crippen molar-refractivity contribution in [2.75, 3.05) is 46.4 Å². The molecule has 1 N–H and O–H groups in total. The largest absolute Gasteiger partial charge is 0.387 e. The summed E-state index contributed by atoms with van der Waals surface area (Å²) < 4.78 is 31.9. The zero-order valence-electron chi connectivity index (χ0n) is 13.8. The van der Waals surface area contributed by atoms with Crippen LogP contribution in [0.4, 0.5) is 8.78 Å². The molecule has 2 atom stereocenters. The van der Waals surface area contributed by atoms with Crippen molar-refractivity contribution in [3.8, 4) is 0 Å². The molecule has 0 spiro atoms. The van der Waals surface area contributed by atoms with Crippen molar-refractivity contribution in [1.29, 1.82) is 0 Å². The molecule has 1 saturated heterocycles. The third-order valence-electron chi connectivity index (χ3n) is 4.50. The fourth-order valence-corrected chi connectivity index (χ4v) is 3.13. The van der Waals surface area contributed by atoms with Crippen LogP contribution in [0, 0.1) is 11.6 Å². The molecule has 130 valence electrons. The third kappa shape index (κ3) is 4.94. The van der Waals surface area contributed by atoms with E-state index in [1.807, 2.05) is 0 Å². The molecular weight excluding hydrogens is 302 g/mol. The fourth-order valence-electron chi connectivity index (χ4n) is 3.13. The molecule has 0 amide bonds. The van der Waals surface area contributed by atoms with Crippen molar-refractivity contribution in [1.82, 2.24) is 9.80 Å². The minimum Gasteiger partial charge on any atom is -0.387 e. The maximum Gasteiger partial charge on any atom is 0.131 e. The number of benzene rings is 1. The Kier molecular flexibility index (Phi) is 6.89. The highest BCUT2D eigenvalue weighted by atomic mass is 19.1. The van der Waals surface area contributed by atoms with Gasteiger partial charge in [-0.2, -0.15) is 0 Å². The number of β-amino-alcohol motifs (C(OH)–C–C–N with tert-alkyl or cyclic N) is 1. The lowest BCUT2D eigenvalue weighted by Crippen LogP contribution is -2.54. The van der Waals surface area contributed by atoms with Gasteiger partial charge in [-0.1, -0.05) is 13.0 Å². The van der Waals surface area contributed by atoms with Crippen LogP contribution < -0.4 is 0 Å². The molecule has 0 radical (unpaired) electrons. The highest BCUT2D eigenvalue weighted by Crippen LogP contribution is 2.21. The molecule has 4 nitrogen and oxygen atoms in total. The van der Waals surface area contributed by atoms with E-state index in [1.54, 1.807) is 7.11 Å². The van der Waals surface area contributed by atoms with Crippen LogP contribution in [0.3, 0.4) is 0 Å². The molecule has 0 unspecified atom stereocenters. The van der Waals surface area contributed by atoms with Gasteiger partial charge in [-0.05, 0) is 12.5 Å². The number of ether oxygens (including phenoxy) is 1. The molecule has 1 heterocycles. The number of hydrogen-bond acceptors (Lipinski definition) is 4. The Morgan fingerprint density at radius 2 is 2.13 bits per heavy atom. The molecule has 23 heavy (non-hydrogen) atoms. The van der Waals surface area contributed by atoms with Crippen LogP contribution in [-0.4, -0.2) is 67.4 Å². The van der Waals surface area contributed by atoms with E-state index in [0.29, 0.717) is 19.2 Å². The third-order valence-corrected chi connectivity index (χ3v) is 4.50. The van der Waals surface area contributed by atoms with Gasteiger partial charge < -0.3 is 9.84 Å². The van der Waals surface area contributed by atoms with E-state index < -0.39 is 17.7 Å². The summed E-state index contributed by atoms with van der Waals surface area (Å²) in [4.78, 5) is 4.54. The van der Waals surface area contributed by atoms with E-state index in [-0.39, 0.29) is 5.56 Å². The van der Waals surface area contributed by atoms with Gasteiger partial charge in [-0.25, -0.2) is 8.78 Å². The predicted octanol–water partition coefficient (Wildman–Crippen LogP) is 2.04. The molecule has 1 fully saturated rings. The zero-order valence-corrected chi connectivity index (χ0v) is 13.8. The minimum atomic E-state index is -0.946. The minimum absolute atomic E-state index is 0.154. The van der Waals surface area contributed by atoms with Gasteiger partial charge in [0.05, 0.1) is 12.7 Å². The first kappa shape index (κ1) is 18.3. The molecule has 0 aliphatic carbocycles. The lowest BCUT2D eigenvalue weighted by molar-refractivity contribution is 0.0253. The smallest absolute Gasteiger partial charge is 0.131 e. The summed E-state index contributed by atoms with van der Waals surface area (Å²) in [6.45, 7) is 6.67. The highest BCUT2D eigenvalue weighted by molar-refractivity contribution is 5.21. The Balaban J connectivity index is 1.93. The Labute approximate surface area is 136 Å². The molecular formula is C17H26F2N2O2. The van der Waals surface area contributed by atoms with Crippen LogP contribution in [0.25, 0.3) is 0 Å². The van der Waals surface area contributed by atoms with E-state index in [2.05, 4.69) is 16.7 Å². The molecule has 0 bridgehead atoms. The lowest BCUT2D eigenvalue weighted by atomic mass is 10.1. The van der Waals surface area contributed by atoms with Gasteiger partial charge in [-0.3, -0.25) is 9.80 Å².